The average Bonchev–Trinajstić information content (AvgIpc) is 3.06. The Morgan fingerprint density at radius 2 is 2.06 bits per heavy atom. The van der Waals surface area contributed by atoms with E-state index in [9.17, 15) is 4.79 Å². The topological polar surface area (TPSA) is 96.7 Å². The normalized spacial score (nSPS) is 21.4. The maximum Gasteiger partial charge on any atom is 0.410 e. The summed E-state index contributed by atoms with van der Waals surface area (Å²) in [6, 6.07) is 0.295. The molecule has 10 heteroatoms. The van der Waals surface area contributed by atoms with Gasteiger partial charge in [-0.15, -0.1) is 24.0 Å². The van der Waals surface area contributed by atoms with Gasteiger partial charge in [0.2, 0.25) is 0 Å². The smallest absolute Gasteiger partial charge is 0.410 e. The molecule has 3 rings (SSSR count). The molecule has 32 heavy (non-hydrogen) atoms. The molecular weight excluding hydrogens is 521 g/mol. The number of ether oxygens (including phenoxy) is 1. The van der Waals surface area contributed by atoms with Crippen molar-refractivity contribution in [2.75, 3.05) is 26.2 Å². The van der Waals surface area contributed by atoms with E-state index in [0.717, 1.165) is 82.4 Å². The summed E-state index contributed by atoms with van der Waals surface area (Å²) in [6.07, 6.45) is 4.88. The van der Waals surface area contributed by atoms with E-state index in [4.69, 9.17) is 9.73 Å². The van der Waals surface area contributed by atoms with E-state index >= 15 is 0 Å². The molecule has 0 spiro atoms. The Hall–Kier alpha value is -1.59. The first-order valence-electron chi connectivity index (χ1n) is 11.7. The fraction of sp³-hybridized carbons (Fsp3) is 0.818. The number of carbonyl (C=O) groups is 1. The highest BCUT2D eigenvalue weighted by Gasteiger charge is 2.27. The van der Waals surface area contributed by atoms with Gasteiger partial charge in [0.25, 0.3) is 0 Å². The number of likely N-dealkylation sites (tertiary alicyclic amines) is 1. The van der Waals surface area contributed by atoms with E-state index in [-0.39, 0.29) is 30.1 Å². The highest BCUT2D eigenvalue weighted by Crippen LogP contribution is 2.22. The van der Waals surface area contributed by atoms with Gasteiger partial charge in [-0.1, -0.05) is 0 Å². The van der Waals surface area contributed by atoms with Crippen LogP contribution in [0.4, 0.5) is 4.79 Å². The van der Waals surface area contributed by atoms with Crippen LogP contribution < -0.4 is 10.6 Å². The van der Waals surface area contributed by atoms with Crippen LogP contribution in [0.15, 0.2) is 4.99 Å². The molecule has 2 atom stereocenters. The van der Waals surface area contributed by atoms with Gasteiger partial charge in [0.05, 0.1) is 6.54 Å². The van der Waals surface area contributed by atoms with Crippen molar-refractivity contribution >= 4 is 36.0 Å². The van der Waals surface area contributed by atoms with Gasteiger partial charge in [-0.3, -0.25) is 4.99 Å². The third-order valence-corrected chi connectivity index (χ3v) is 5.63. The Bertz CT molecular complexity index is 775. The number of fused-ring (bicyclic) bond motifs is 1. The maximum atomic E-state index is 12.4. The fourth-order valence-corrected chi connectivity index (χ4v) is 4.22. The summed E-state index contributed by atoms with van der Waals surface area (Å²) in [6.45, 7) is 13.7. The first-order valence-corrected chi connectivity index (χ1v) is 11.7. The lowest BCUT2D eigenvalue weighted by Gasteiger charge is -2.34. The van der Waals surface area contributed by atoms with Crippen LogP contribution in [0.2, 0.25) is 0 Å². The number of nitrogens with one attached hydrogen (secondary N) is 2. The molecule has 0 radical (unpaired) electrons. The lowest BCUT2D eigenvalue weighted by atomic mass is 9.95. The molecule has 0 aromatic carbocycles. The van der Waals surface area contributed by atoms with Crippen molar-refractivity contribution in [1.29, 1.82) is 0 Å². The minimum absolute atomic E-state index is 0. The standard InChI is InChI=1S/C22H39N7O2.HI/c1-6-23-20(26-18-9-10-19-25-16(2)27-29(19)15-18)24-12-11-17-8-7-13-28(14-17)21(30)31-22(3,4)5;/h17-18H,6-15H2,1-5H3,(H2,23,24,26);1H. The lowest BCUT2D eigenvalue weighted by molar-refractivity contribution is 0.0163. The number of guanidine groups is 1. The van der Waals surface area contributed by atoms with Crippen molar-refractivity contribution < 1.29 is 9.53 Å². The summed E-state index contributed by atoms with van der Waals surface area (Å²) in [5.41, 5.74) is -0.453. The summed E-state index contributed by atoms with van der Waals surface area (Å²) in [5.74, 6) is 3.23. The predicted octanol–water partition coefficient (Wildman–Crippen LogP) is 3.11. The Morgan fingerprint density at radius 3 is 2.78 bits per heavy atom. The van der Waals surface area contributed by atoms with E-state index in [2.05, 4.69) is 27.6 Å². The minimum atomic E-state index is -0.453. The van der Waals surface area contributed by atoms with Gasteiger partial charge in [0.1, 0.15) is 17.2 Å². The number of aromatic nitrogens is 3. The van der Waals surface area contributed by atoms with Crippen molar-refractivity contribution in [3.05, 3.63) is 11.6 Å². The third-order valence-electron chi connectivity index (χ3n) is 5.63. The second-order valence-electron chi connectivity index (χ2n) is 9.62. The zero-order valence-corrected chi connectivity index (χ0v) is 22.5. The molecule has 2 aliphatic heterocycles. The number of amides is 1. The van der Waals surface area contributed by atoms with Crippen LogP contribution in [0.3, 0.4) is 0 Å². The largest absolute Gasteiger partial charge is 0.444 e. The highest BCUT2D eigenvalue weighted by molar-refractivity contribution is 14.0. The first kappa shape index (κ1) is 26.7. The number of aryl methyl sites for hydroxylation is 2. The van der Waals surface area contributed by atoms with Crippen molar-refractivity contribution in [3.8, 4) is 0 Å². The van der Waals surface area contributed by atoms with E-state index in [1.54, 1.807) is 0 Å². The molecule has 1 saturated heterocycles. The number of rotatable bonds is 5. The van der Waals surface area contributed by atoms with Gasteiger partial charge >= 0.3 is 6.09 Å². The number of aliphatic imine (C=N–C) groups is 1. The van der Waals surface area contributed by atoms with Gasteiger partial charge in [-0.25, -0.2) is 14.5 Å². The van der Waals surface area contributed by atoms with Crippen LogP contribution in [0.1, 0.15) is 65.0 Å². The molecule has 1 aromatic heterocycles. The van der Waals surface area contributed by atoms with E-state index in [0.29, 0.717) is 12.0 Å². The quantitative estimate of drug-likeness (QED) is 0.326. The number of hydrogen-bond donors (Lipinski definition) is 2. The SMILES string of the molecule is CCNC(=NCCC1CCCN(C(=O)OC(C)(C)C)C1)NC1CCc2nc(C)nn2C1.I. The number of nitrogens with zero attached hydrogens (tertiary/aromatic N) is 5. The van der Waals surface area contributed by atoms with Crippen molar-refractivity contribution in [3.63, 3.8) is 0 Å². The Balaban J connectivity index is 0.00000363. The molecule has 0 saturated carbocycles. The van der Waals surface area contributed by atoms with Gasteiger partial charge in [-0.05, 0) is 66.2 Å². The summed E-state index contributed by atoms with van der Waals surface area (Å²) in [7, 11) is 0. The molecular formula is C22H40IN7O2. The van der Waals surface area contributed by atoms with Gasteiger partial charge in [0.15, 0.2) is 5.96 Å². The van der Waals surface area contributed by atoms with E-state index in [1.807, 2.05) is 37.3 Å². The predicted molar refractivity (Wildman–Crippen MR) is 137 cm³/mol. The van der Waals surface area contributed by atoms with Crippen LogP contribution in [-0.4, -0.2) is 69.5 Å². The summed E-state index contributed by atoms with van der Waals surface area (Å²) < 4.78 is 7.55. The van der Waals surface area contributed by atoms with Gasteiger partial charge in [0, 0.05) is 38.6 Å². The molecule has 1 amide bonds. The molecule has 9 nitrogen and oxygen atoms in total. The van der Waals surface area contributed by atoms with E-state index < -0.39 is 5.60 Å². The molecule has 182 valence electrons. The number of carbonyl (C=O) groups excluding carboxylic acids is 1. The Kier molecular flexibility index (Phi) is 10.0. The number of piperidine rings is 1. The van der Waals surface area contributed by atoms with Crippen LogP contribution in [0.5, 0.6) is 0 Å². The highest BCUT2D eigenvalue weighted by atomic mass is 127. The van der Waals surface area contributed by atoms with Crippen LogP contribution in [0, 0.1) is 12.8 Å². The number of hydrogen-bond acceptors (Lipinski definition) is 5. The van der Waals surface area contributed by atoms with Gasteiger partial charge in [-0.2, -0.15) is 5.10 Å². The van der Waals surface area contributed by atoms with Crippen LogP contribution in [-0.2, 0) is 17.7 Å². The molecule has 3 heterocycles. The maximum absolute atomic E-state index is 12.4. The molecule has 2 unspecified atom stereocenters. The molecule has 1 aromatic rings. The van der Waals surface area contributed by atoms with Crippen molar-refractivity contribution in [1.82, 2.24) is 30.3 Å². The molecule has 2 aliphatic rings. The lowest BCUT2D eigenvalue weighted by Crippen LogP contribution is -2.47. The van der Waals surface area contributed by atoms with Crippen LogP contribution >= 0.6 is 24.0 Å². The molecule has 1 fully saturated rings. The zero-order chi connectivity index (χ0) is 22.4. The monoisotopic (exact) mass is 561 g/mol. The zero-order valence-electron chi connectivity index (χ0n) is 20.2. The molecule has 0 bridgehead atoms. The fourth-order valence-electron chi connectivity index (χ4n) is 4.22. The van der Waals surface area contributed by atoms with Gasteiger partial charge < -0.3 is 20.3 Å². The van der Waals surface area contributed by atoms with Crippen LogP contribution in [0.25, 0.3) is 0 Å². The van der Waals surface area contributed by atoms with E-state index in [1.165, 1.54) is 0 Å². The average molecular weight is 562 g/mol. The third kappa shape index (κ3) is 8.08. The summed E-state index contributed by atoms with van der Waals surface area (Å²) in [5, 5.41) is 11.4. The summed E-state index contributed by atoms with van der Waals surface area (Å²) in [4.78, 5) is 23.5. The second-order valence-corrected chi connectivity index (χ2v) is 9.62. The molecule has 2 N–H and O–H groups in total. The molecule has 0 aliphatic carbocycles. The van der Waals surface area contributed by atoms with Crippen molar-refractivity contribution in [2.24, 2.45) is 10.9 Å². The van der Waals surface area contributed by atoms with Crippen molar-refractivity contribution in [2.45, 2.75) is 84.9 Å². The number of halogens is 1. The minimum Gasteiger partial charge on any atom is -0.444 e. The summed E-state index contributed by atoms with van der Waals surface area (Å²) >= 11 is 0. The second kappa shape index (κ2) is 12.0. The Labute approximate surface area is 209 Å². The Morgan fingerprint density at radius 1 is 1.28 bits per heavy atom. The first-order chi connectivity index (χ1) is 14.7.